The lowest BCUT2D eigenvalue weighted by Gasteiger charge is -2.20. The van der Waals surface area contributed by atoms with Gasteiger partial charge in [0.25, 0.3) is 0 Å². The summed E-state index contributed by atoms with van der Waals surface area (Å²) in [5.41, 5.74) is 6.00. The third-order valence-electron chi connectivity index (χ3n) is 2.75. The maximum atomic E-state index is 11.3. The Morgan fingerprint density at radius 3 is 2.70 bits per heavy atom. The third kappa shape index (κ3) is 5.26. The van der Waals surface area contributed by atoms with E-state index in [1.807, 2.05) is 0 Å². The molecule has 6 nitrogen and oxygen atoms in total. The highest BCUT2D eigenvalue weighted by Gasteiger charge is 2.14. The second kappa shape index (κ2) is 7.80. The lowest BCUT2D eigenvalue weighted by Crippen LogP contribution is -2.26. The first-order chi connectivity index (χ1) is 9.38. The van der Waals surface area contributed by atoms with Gasteiger partial charge in [-0.1, -0.05) is 11.6 Å². The Bertz CT molecular complexity index is 537. The van der Waals surface area contributed by atoms with Gasteiger partial charge in [0, 0.05) is 13.2 Å². The van der Waals surface area contributed by atoms with Crippen molar-refractivity contribution in [3.63, 3.8) is 0 Å². The van der Waals surface area contributed by atoms with Crippen LogP contribution in [0.1, 0.15) is 12.8 Å². The minimum Gasteiger partial charge on any atom is -0.383 e. The van der Waals surface area contributed by atoms with Crippen LogP contribution in [0, 0.1) is 0 Å². The van der Waals surface area contributed by atoms with Crippen molar-refractivity contribution in [3.8, 4) is 0 Å². The van der Waals surface area contributed by atoms with Crippen molar-refractivity contribution in [3.05, 3.63) is 23.2 Å². The zero-order valence-electron chi connectivity index (χ0n) is 11.3. The van der Waals surface area contributed by atoms with E-state index in [2.05, 4.69) is 5.32 Å². The normalized spacial score (nSPS) is 13.2. The van der Waals surface area contributed by atoms with Gasteiger partial charge in [-0.05, 0) is 37.6 Å². The van der Waals surface area contributed by atoms with E-state index in [-0.39, 0.29) is 10.9 Å². The number of rotatable bonds is 8. The van der Waals surface area contributed by atoms with E-state index in [9.17, 15) is 8.42 Å². The quantitative estimate of drug-likeness (QED) is 0.666. The minimum atomic E-state index is -3.76. The highest BCUT2D eigenvalue weighted by Crippen LogP contribution is 2.26. The molecule has 0 aliphatic rings. The second-order valence-electron chi connectivity index (χ2n) is 4.41. The van der Waals surface area contributed by atoms with Gasteiger partial charge < -0.3 is 15.8 Å². The standard InChI is InChI=1S/C12H20ClN3O3S/c1-19-8-9(3-2-6-14)16-12-7-10(20(15,17)18)4-5-11(12)13/h4-5,7,9,16H,2-3,6,8,14H2,1H3,(H2,15,17,18). The molecule has 0 fully saturated rings. The van der Waals surface area contributed by atoms with Gasteiger partial charge >= 0.3 is 0 Å². The fourth-order valence-corrected chi connectivity index (χ4v) is 2.49. The van der Waals surface area contributed by atoms with Gasteiger partial charge in [0.05, 0.1) is 22.2 Å². The van der Waals surface area contributed by atoms with E-state index in [0.29, 0.717) is 23.9 Å². The number of ether oxygens (including phenoxy) is 1. The Hall–Kier alpha value is -0.860. The first kappa shape index (κ1) is 17.2. The van der Waals surface area contributed by atoms with Crippen molar-refractivity contribution in [1.82, 2.24) is 0 Å². The molecule has 1 aromatic carbocycles. The molecule has 1 aromatic rings. The molecule has 114 valence electrons. The molecule has 5 N–H and O–H groups in total. The molecule has 20 heavy (non-hydrogen) atoms. The molecular formula is C12H20ClN3O3S. The molecule has 0 aliphatic heterocycles. The second-order valence-corrected chi connectivity index (χ2v) is 6.38. The number of anilines is 1. The van der Waals surface area contributed by atoms with Gasteiger partial charge in [-0.2, -0.15) is 0 Å². The smallest absolute Gasteiger partial charge is 0.238 e. The van der Waals surface area contributed by atoms with Crippen LogP contribution in [-0.2, 0) is 14.8 Å². The van der Waals surface area contributed by atoms with Gasteiger partial charge in [0.15, 0.2) is 0 Å². The van der Waals surface area contributed by atoms with Crippen molar-refractivity contribution in [2.75, 3.05) is 25.6 Å². The van der Waals surface area contributed by atoms with Crippen LogP contribution < -0.4 is 16.2 Å². The summed E-state index contributed by atoms with van der Waals surface area (Å²) in [4.78, 5) is 0.0133. The summed E-state index contributed by atoms with van der Waals surface area (Å²) < 4.78 is 27.8. The molecule has 8 heteroatoms. The monoisotopic (exact) mass is 321 g/mol. The van der Waals surface area contributed by atoms with Gasteiger partial charge in [0.2, 0.25) is 10.0 Å². The van der Waals surface area contributed by atoms with Crippen LogP contribution in [0.2, 0.25) is 5.02 Å². The van der Waals surface area contributed by atoms with Gasteiger partial charge in [-0.3, -0.25) is 0 Å². The summed E-state index contributed by atoms with van der Waals surface area (Å²) in [5, 5.41) is 8.69. The first-order valence-electron chi connectivity index (χ1n) is 6.16. The summed E-state index contributed by atoms with van der Waals surface area (Å²) in [5.74, 6) is 0. The van der Waals surface area contributed by atoms with E-state index >= 15 is 0 Å². The molecule has 0 radical (unpaired) electrons. The number of methoxy groups -OCH3 is 1. The summed E-state index contributed by atoms with van der Waals surface area (Å²) in [6.07, 6.45) is 1.62. The predicted molar refractivity (Wildman–Crippen MR) is 80.4 cm³/mol. The van der Waals surface area contributed by atoms with Crippen molar-refractivity contribution in [2.24, 2.45) is 10.9 Å². The van der Waals surface area contributed by atoms with Crippen LogP contribution in [0.4, 0.5) is 5.69 Å². The fraction of sp³-hybridized carbons (Fsp3) is 0.500. The molecule has 1 rings (SSSR count). The molecule has 0 saturated heterocycles. The number of benzene rings is 1. The zero-order valence-corrected chi connectivity index (χ0v) is 12.9. The molecule has 1 unspecified atom stereocenters. The van der Waals surface area contributed by atoms with Gasteiger partial charge in [-0.25, -0.2) is 13.6 Å². The maximum absolute atomic E-state index is 11.3. The maximum Gasteiger partial charge on any atom is 0.238 e. The average molecular weight is 322 g/mol. The Balaban J connectivity index is 2.93. The van der Waals surface area contributed by atoms with Crippen LogP contribution in [-0.4, -0.2) is 34.7 Å². The molecule has 0 heterocycles. The molecule has 1 atom stereocenters. The molecule has 0 spiro atoms. The number of sulfonamides is 1. The molecular weight excluding hydrogens is 302 g/mol. The van der Waals surface area contributed by atoms with Crippen molar-refractivity contribution in [1.29, 1.82) is 0 Å². The number of hydrogen-bond donors (Lipinski definition) is 3. The van der Waals surface area contributed by atoms with Gasteiger partial charge in [0.1, 0.15) is 0 Å². The number of hydrogen-bond acceptors (Lipinski definition) is 5. The van der Waals surface area contributed by atoms with Crippen LogP contribution in [0.15, 0.2) is 23.1 Å². The van der Waals surface area contributed by atoms with Crippen LogP contribution in [0.25, 0.3) is 0 Å². The number of nitrogens with two attached hydrogens (primary N) is 2. The van der Waals surface area contributed by atoms with E-state index < -0.39 is 10.0 Å². The van der Waals surface area contributed by atoms with E-state index in [1.54, 1.807) is 7.11 Å². The number of primary sulfonamides is 1. The topological polar surface area (TPSA) is 107 Å². The first-order valence-corrected chi connectivity index (χ1v) is 8.08. The molecule has 0 bridgehead atoms. The fourth-order valence-electron chi connectivity index (χ4n) is 1.77. The Kier molecular flexibility index (Phi) is 6.70. The molecule has 0 aromatic heterocycles. The van der Waals surface area contributed by atoms with Crippen LogP contribution in [0.5, 0.6) is 0 Å². The van der Waals surface area contributed by atoms with Crippen LogP contribution >= 0.6 is 11.6 Å². The van der Waals surface area contributed by atoms with Crippen molar-refractivity contribution >= 4 is 27.3 Å². The Labute approximate surface area is 124 Å². The molecule has 0 aliphatic carbocycles. The van der Waals surface area contributed by atoms with E-state index in [4.69, 9.17) is 27.2 Å². The third-order valence-corrected chi connectivity index (χ3v) is 3.99. The molecule has 0 saturated carbocycles. The SMILES string of the molecule is COCC(CCCN)Nc1cc(S(N)(=O)=O)ccc1Cl. The zero-order chi connectivity index (χ0) is 15.2. The van der Waals surface area contributed by atoms with Crippen molar-refractivity contribution < 1.29 is 13.2 Å². The number of nitrogens with one attached hydrogen (secondary N) is 1. The lowest BCUT2D eigenvalue weighted by atomic mass is 10.1. The van der Waals surface area contributed by atoms with Crippen molar-refractivity contribution in [2.45, 2.75) is 23.8 Å². The Morgan fingerprint density at radius 2 is 2.15 bits per heavy atom. The number of halogens is 1. The lowest BCUT2D eigenvalue weighted by molar-refractivity contribution is 0.182. The summed E-state index contributed by atoms with van der Waals surface area (Å²) in [6, 6.07) is 4.28. The van der Waals surface area contributed by atoms with Gasteiger partial charge in [-0.15, -0.1) is 0 Å². The summed E-state index contributed by atoms with van der Waals surface area (Å²) in [7, 11) is -2.16. The molecule has 0 amide bonds. The summed E-state index contributed by atoms with van der Waals surface area (Å²) >= 11 is 6.06. The average Bonchev–Trinajstić information content (AvgIpc) is 2.37. The van der Waals surface area contributed by atoms with Crippen LogP contribution in [0.3, 0.4) is 0 Å². The highest BCUT2D eigenvalue weighted by atomic mass is 35.5. The predicted octanol–water partition coefficient (Wildman–Crippen LogP) is 1.15. The van der Waals surface area contributed by atoms with E-state index in [0.717, 1.165) is 12.8 Å². The van der Waals surface area contributed by atoms with E-state index in [1.165, 1.54) is 18.2 Å². The largest absolute Gasteiger partial charge is 0.383 e. The highest BCUT2D eigenvalue weighted by molar-refractivity contribution is 7.89. The Morgan fingerprint density at radius 1 is 1.45 bits per heavy atom. The minimum absolute atomic E-state index is 0.00298. The summed E-state index contributed by atoms with van der Waals surface area (Å²) in [6.45, 7) is 1.04.